The van der Waals surface area contributed by atoms with Crippen LogP contribution in [0.2, 0.25) is 0 Å². The molecule has 0 aliphatic carbocycles. The fraction of sp³-hybridized carbons (Fsp3) is 0.882. The van der Waals surface area contributed by atoms with Gasteiger partial charge in [0.15, 0.2) is 0 Å². The smallest absolute Gasteiger partial charge is 0.233 e. The molecule has 0 saturated carbocycles. The van der Waals surface area contributed by atoms with Gasteiger partial charge in [0.2, 0.25) is 11.8 Å². The maximum Gasteiger partial charge on any atom is 0.233 e. The first-order valence-corrected chi connectivity index (χ1v) is 8.68. The summed E-state index contributed by atoms with van der Waals surface area (Å²) in [5.41, 5.74) is 0. The highest BCUT2D eigenvalue weighted by Gasteiger charge is 2.03. The lowest BCUT2D eigenvalue weighted by Crippen LogP contribution is -2.37. The van der Waals surface area contributed by atoms with Gasteiger partial charge in [-0.15, -0.1) is 0 Å². The Morgan fingerprint density at radius 1 is 0.773 bits per heavy atom. The van der Waals surface area contributed by atoms with Gasteiger partial charge in [0.25, 0.3) is 0 Å². The molecular weight excluding hydrogens is 278 g/mol. The first-order valence-electron chi connectivity index (χ1n) is 8.68. The lowest BCUT2D eigenvalue weighted by molar-refractivity contribution is -0.122. The van der Waals surface area contributed by atoms with E-state index in [9.17, 15) is 9.59 Å². The summed E-state index contributed by atoms with van der Waals surface area (Å²) in [6.45, 7) is 10.1. The molecule has 0 unspecified atom stereocenters. The van der Waals surface area contributed by atoms with Crippen LogP contribution in [0.25, 0.3) is 0 Å². The number of carbonyl (C=O) groups excluding carboxylic acids is 2. The molecule has 0 aromatic carbocycles. The molecule has 22 heavy (non-hydrogen) atoms. The van der Waals surface area contributed by atoms with Crippen molar-refractivity contribution in [3.63, 3.8) is 0 Å². The van der Waals surface area contributed by atoms with Crippen molar-refractivity contribution >= 4 is 11.8 Å². The SMILES string of the molecule is CC(C)CC(=O)NCCCCCCCNC(=O)CNC(C)C. The van der Waals surface area contributed by atoms with Gasteiger partial charge < -0.3 is 16.0 Å². The highest BCUT2D eigenvalue weighted by molar-refractivity contribution is 5.78. The first-order chi connectivity index (χ1) is 10.4. The summed E-state index contributed by atoms with van der Waals surface area (Å²) in [6, 6.07) is 0.340. The Kier molecular flexibility index (Phi) is 12.9. The summed E-state index contributed by atoms with van der Waals surface area (Å²) >= 11 is 0. The number of hydrogen-bond donors (Lipinski definition) is 3. The Labute approximate surface area is 136 Å². The molecule has 130 valence electrons. The van der Waals surface area contributed by atoms with Crippen LogP contribution in [0.1, 0.15) is 66.2 Å². The summed E-state index contributed by atoms with van der Waals surface area (Å²) in [5.74, 6) is 0.653. The largest absolute Gasteiger partial charge is 0.356 e. The van der Waals surface area contributed by atoms with E-state index in [4.69, 9.17) is 0 Å². The molecule has 3 N–H and O–H groups in total. The first kappa shape index (κ1) is 20.9. The molecule has 5 nitrogen and oxygen atoms in total. The monoisotopic (exact) mass is 313 g/mol. The van der Waals surface area contributed by atoms with E-state index >= 15 is 0 Å². The molecule has 5 heteroatoms. The Bertz CT molecular complexity index is 304. The van der Waals surface area contributed by atoms with E-state index in [1.54, 1.807) is 0 Å². The van der Waals surface area contributed by atoms with Crippen molar-refractivity contribution in [1.29, 1.82) is 0 Å². The lowest BCUT2D eigenvalue weighted by Gasteiger charge is -2.09. The second kappa shape index (κ2) is 13.6. The molecule has 0 spiro atoms. The van der Waals surface area contributed by atoms with E-state index in [-0.39, 0.29) is 11.8 Å². The zero-order chi connectivity index (χ0) is 16.8. The van der Waals surface area contributed by atoms with Crippen molar-refractivity contribution < 1.29 is 9.59 Å². The van der Waals surface area contributed by atoms with Crippen LogP contribution in [0.5, 0.6) is 0 Å². The summed E-state index contributed by atoms with van der Waals surface area (Å²) in [4.78, 5) is 22.9. The maximum atomic E-state index is 11.4. The van der Waals surface area contributed by atoms with Gasteiger partial charge in [-0.1, -0.05) is 47.0 Å². The van der Waals surface area contributed by atoms with E-state index in [1.807, 2.05) is 13.8 Å². The summed E-state index contributed by atoms with van der Waals surface area (Å²) in [6.07, 6.45) is 6.08. The Hall–Kier alpha value is -1.10. The molecule has 0 aliphatic rings. The molecule has 0 rings (SSSR count). The third kappa shape index (κ3) is 15.3. The molecule has 0 saturated heterocycles. The van der Waals surface area contributed by atoms with Gasteiger partial charge in [0.1, 0.15) is 0 Å². The van der Waals surface area contributed by atoms with Crippen LogP contribution in [0, 0.1) is 5.92 Å². The highest BCUT2D eigenvalue weighted by atomic mass is 16.2. The molecule has 0 aromatic rings. The van der Waals surface area contributed by atoms with E-state index < -0.39 is 0 Å². The van der Waals surface area contributed by atoms with Crippen LogP contribution in [0.4, 0.5) is 0 Å². The van der Waals surface area contributed by atoms with Crippen molar-refractivity contribution in [3.8, 4) is 0 Å². The number of nitrogens with one attached hydrogen (secondary N) is 3. The third-order valence-electron chi connectivity index (χ3n) is 3.26. The predicted octanol–water partition coefficient (Wildman–Crippen LogP) is 2.21. The minimum Gasteiger partial charge on any atom is -0.356 e. The highest BCUT2D eigenvalue weighted by Crippen LogP contribution is 2.02. The van der Waals surface area contributed by atoms with Crippen molar-refractivity contribution in [1.82, 2.24) is 16.0 Å². The van der Waals surface area contributed by atoms with Crippen molar-refractivity contribution in [3.05, 3.63) is 0 Å². The molecule has 0 heterocycles. The predicted molar refractivity (Wildman–Crippen MR) is 91.7 cm³/mol. The average molecular weight is 313 g/mol. The van der Waals surface area contributed by atoms with Gasteiger partial charge in [-0.3, -0.25) is 9.59 Å². The topological polar surface area (TPSA) is 70.2 Å². The number of hydrogen-bond acceptors (Lipinski definition) is 3. The summed E-state index contributed by atoms with van der Waals surface area (Å²) in [7, 11) is 0. The van der Waals surface area contributed by atoms with E-state index in [0.717, 1.165) is 45.2 Å². The molecule has 2 amide bonds. The Morgan fingerprint density at radius 2 is 1.27 bits per heavy atom. The number of rotatable bonds is 13. The molecule has 0 fully saturated rings. The van der Waals surface area contributed by atoms with Crippen molar-refractivity contribution in [2.24, 2.45) is 5.92 Å². The number of amides is 2. The Balaban J connectivity index is 3.27. The van der Waals surface area contributed by atoms with E-state index in [2.05, 4.69) is 29.8 Å². The van der Waals surface area contributed by atoms with Crippen LogP contribution in [0.3, 0.4) is 0 Å². The van der Waals surface area contributed by atoms with Crippen molar-refractivity contribution in [2.45, 2.75) is 72.3 Å². The standard InChI is InChI=1S/C17H35N3O2/c1-14(2)12-16(21)18-10-8-6-5-7-9-11-19-17(22)13-20-15(3)4/h14-15,20H,5-13H2,1-4H3,(H,18,21)(H,19,22). The molecule has 0 aromatic heterocycles. The number of carbonyl (C=O) groups is 2. The van der Waals surface area contributed by atoms with Crippen molar-refractivity contribution in [2.75, 3.05) is 19.6 Å². The van der Waals surface area contributed by atoms with Gasteiger partial charge in [-0.2, -0.15) is 0 Å². The zero-order valence-electron chi connectivity index (χ0n) is 14.8. The minimum atomic E-state index is 0.0709. The van der Waals surface area contributed by atoms with Gasteiger partial charge in [0, 0.05) is 25.6 Å². The van der Waals surface area contributed by atoms with Gasteiger partial charge in [0.05, 0.1) is 6.54 Å². The average Bonchev–Trinajstić information content (AvgIpc) is 2.42. The zero-order valence-corrected chi connectivity index (χ0v) is 14.8. The number of unbranched alkanes of at least 4 members (excludes halogenated alkanes) is 4. The van der Waals surface area contributed by atoms with Gasteiger partial charge in [-0.25, -0.2) is 0 Å². The van der Waals surface area contributed by atoms with Crippen LogP contribution in [-0.4, -0.2) is 37.5 Å². The van der Waals surface area contributed by atoms with E-state index in [0.29, 0.717) is 24.9 Å². The third-order valence-corrected chi connectivity index (χ3v) is 3.26. The summed E-state index contributed by atoms with van der Waals surface area (Å²) in [5, 5.41) is 8.96. The fourth-order valence-electron chi connectivity index (χ4n) is 2.04. The Morgan fingerprint density at radius 3 is 1.77 bits per heavy atom. The van der Waals surface area contributed by atoms with Gasteiger partial charge in [-0.05, 0) is 18.8 Å². The van der Waals surface area contributed by atoms with Crippen LogP contribution >= 0.6 is 0 Å². The van der Waals surface area contributed by atoms with Crippen LogP contribution in [0.15, 0.2) is 0 Å². The quantitative estimate of drug-likeness (QED) is 0.457. The molecule has 0 radical (unpaired) electrons. The van der Waals surface area contributed by atoms with Gasteiger partial charge >= 0.3 is 0 Å². The van der Waals surface area contributed by atoms with Crippen LogP contribution < -0.4 is 16.0 Å². The van der Waals surface area contributed by atoms with Crippen LogP contribution in [-0.2, 0) is 9.59 Å². The fourth-order valence-corrected chi connectivity index (χ4v) is 2.04. The summed E-state index contributed by atoms with van der Waals surface area (Å²) < 4.78 is 0. The molecule has 0 atom stereocenters. The molecule has 0 aliphatic heterocycles. The van der Waals surface area contributed by atoms with E-state index in [1.165, 1.54) is 0 Å². The molecule has 0 bridgehead atoms. The second-order valence-electron chi connectivity index (χ2n) is 6.60. The normalized spacial score (nSPS) is 11.0. The minimum absolute atomic E-state index is 0.0709. The molecular formula is C17H35N3O2. The second-order valence-corrected chi connectivity index (χ2v) is 6.60. The lowest BCUT2D eigenvalue weighted by atomic mass is 10.1. The maximum absolute atomic E-state index is 11.4.